The molecule has 5 amide bonds. The molecule has 1 unspecified atom stereocenters. The highest BCUT2D eigenvalue weighted by molar-refractivity contribution is 5.96. The van der Waals surface area contributed by atoms with Gasteiger partial charge in [-0.25, -0.2) is 0 Å². The molecule has 2 N–H and O–H groups in total. The number of nitrogens with zero attached hydrogens (tertiary/aromatic N) is 3. The zero-order valence-electron chi connectivity index (χ0n) is 26.8. The summed E-state index contributed by atoms with van der Waals surface area (Å²) in [5.74, 6) is -3.36. The minimum absolute atomic E-state index is 0.0358. The number of fused-ring (bicyclic) bond motifs is 1. The van der Waals surface area contributed by atoms with Gasteiger partial charge in [-0.3, -0.25) is 28.8 Å². The molecule has 2 fully saturated rings. The van der Waals surface area contributed by atoms with E-state index in [1.807, 2.05) is 41.5 Å². The Balaban J connectivity index is 2.54. The maximum atomic E-state index is 13.9. The van der Waals surface area contributed by atoms with Crippen molar-refractivity contribution in [3.63, 3.8) is 0 Å². The fraction of sp³-hybridized carbons (Fsp3) is 0.800. The molecule has 2 rings (SSSR count). The third kappa shape index (κ3) is 8.44. The number of rotatable bonds is 5. The van der Waals surface area contributed by atoms with Crippen LogP contribution in [0.2, 0.25) is 0 Å². The van der Waals surface area contributed by atoms with Crippen molar-refractivity contribution in [3.8, 4) is 0 Å². The van der Waals surface area contributed by atoms with Crippen molar-refractivity contribution in [2.75, 3.05) is 27.2 Å². The summed E-state index contributed by atoms with van der Waals surface area (Å²) in [6, 6.07) is -3.52. The number of amides is 5. The van der Waals surface area contributed by atoms with Gasteiger partial charge >= 0.3 is 5.97 Å². The molecule has 0 bridgehead atoms. The lowest BCUT2D eigenvalue weighted by molar-refractivity contribution is -0.162. The van der Waals surface area contributed by atoms with Gasteiger partial charge < -0.3 is 30.1 Å². The summed E-state index contributed by atoms with van der Waals surface area (Å²) < 4.78 is 5.59. The van der Waals surface area contributed by atoms with Crippen molar-refractivity contribution in [3.05, 3.63) is 0 Å². The van der Waals surface area contributed by atoms with Gasteiger partial charge in [-0.2, -0.15) is 0 Å². The molecular formula is C30H51N5O7. The van der Waals surface area contributed by atoms with E-state index in [1.54, 1.807) is 14.0 Å². The zero-order valence-corrected chi connectivity index (χ0v) is 26.8. The van der Waals surface area contributed by atoms with Crippen LogP contribution in [0.25, 0.3) is 0 Å². The van der Waals surface area contributed by atoms with Crippen molar-refractivity contribution in [2.45, 2.75) is 111 Å². The van der Waals surface area contributed by atoms with Crippen molar-refractivity contribution < 1.29 is 33.5 Å². The van der Waals surface area contributed by atoms with E-state index in [2.05, 4.69) is 10.6 Å². The highest BCUT2D eigenvalue weighted by atomic mass is 16.5. The van der Waals surface area contributed by atoms with Crippen LogP contribution in [0.5, 0.6) is 0 Å². The first-order chi connectivity index (χ1) is 19.6. The van der Waals surface area contributed by atoms with Crippen LogP contribution in [-0.4, -0.2) is 108 Å². The number of cyclic esters (lactones) is 1. The molecule has 0 aromatic rings. The van der Waals surface area contributed by atoms with Crippen LogP contribution in [0.3, 0.4) is 0 Å². The van der Waals surface area contributed by atoms with E-state index in [4.69, 9.17) is 4.74 Å². The minimum Gasteiger partial charge on any atom is -0.452 e. The van der Waals surface area contributed by atoms with Gasteiger partial charge in [-0.15, -0.1) is 0 Å². The van der Waals surface area contributed by atoms with Gasteiger partial charge in [0.15, 0.2) is 6.10 Å². The molecular weight excluding hydrogens is 544 g/mol. The summed E-state index contributed by atoms with van der Waals surface area (Å²) in [5, 5.41) is 5.57. The van der Waals surface area contributed by atoms with Gasteiger partial charge in [0.25, 0.3) is 5.91 Å². The molecule has 0 aromatic heterocycles. The normalized spacial score (nSPS) is 28.6. The fourth-order valence-electron chi connectivity index (χ4n) is 5.53. The maximum Gasteiger partial charge on any atom is 0.308 e. The minimum atomic E-state index is -1.07. The fourth-order valence-corrected chi connectivity index (χ4v) is 5.53. The number of carbonyl (C=O) groups is 6. The first-order valence-electron chi connectivity index (χ1n) is 15.2. The van der Waals surface area contributed by atoms with E-state index in [0.29, 0.717) is 25.8 Å². The highest BCUT2D eigenvalue weighted by Crippen LogP contribution is 2.24. The Morgan fingerprint density at radius 1 is 0.929 bits per heavy atom. The first kappa shape index (κ1) is 35.0. The van der Waals surface area contributed by atoms with Gasteiger partial charge in [0.1, 0.15) is 24.2 Å². The average Bonchev–Trinajstić information content (AvgIpc) is 3.42. The maximum absolute atomic E-state index is 13.9. The van der Waals surface area contributed by atoms with Gasteiger partial charge in [0, 0.05) is 27.2 Å². The van der Waals surface area contributed by atoms with Crippen LogP contribution in [0.15, 0.2) is 0 Å². The molecule has 238 valence electrons. The van der Waals surface area contributed by atoms with Crippen LogP contribution in [0.1, 0.15) is 80.6 Å². The van der Waals surface area contributed by atoms with Crippen LogP contribution in [0, 0.1) is 17.8 Å². The second-order valence-corrected chi connectivity index (χ2v) is 12.5. The lowest BCUT2D eigenvalue weighted by Gasteiger charge is -2.38. The van der Waals surface area contributed by atoms with E-state index >= 15 is 0 Å². The van der Waals surface area contributed by atoms with Crippen molar-refractivity contribution in [1.82, 2.24) is 25.3 Å². The SMILES string of the molecule is CCC(C)[C@@H]1NC(=O)[C@@H]2CCCN2C(=O)[C@@H](CC(C)C)OC(=O)C[14CH2]NC(=O)[C@H](C)N(C)C(=O)[C@H](C(C)C)N(C)C1=O. The molecule has 0 radical (unpaired) electrons. The Morgan fingerprint density at radius 2 is 1.57 bits per heavy atom. The standard InChI is InChI=1S/C30H51N5O7/c1-10-19(6)24-29(40)34(9)25(18(4)5)30(41)33(8)20(7)26(37)31-14-13-23(36)42-22(16-17(2)3)28(39)35-15-11-12-21(35)27(38)32-24/h17-22,24-25H,10-16H2,1-9H3,(H,31,37)(H,32,38)/t19?,20-,21-,22+,24-,25-/m0/s1/i14+2. The Labute approximate surface area is 250 Å². The van der Waals surface area contributed by atoms with Gasteiger partial charge in [-0.1, -0.05) is 48.0 Å². The molecule has 12 nitrogen and oxygen atoms in total. The monoisotopic (exact) mass is 595 g/mol. The molecule has 0 spiro atoms. The third-order valence-corrected chi connectivity index (χ3v) is 8.44. The quantitative estimate of drug-likeness (QED) is 0.456. The van der Waals surface area contributed by atoms with E-state index in [1.165, 1.54) is 21.7 Å². The Bertz CT molecular complexity index is 1020. The number of ether oxygens (including phenoxy) is 1. The third-order valence-electron chi connectivity index (χ3n) is 8.44. The Hall–Kier alpha value is -3.18. The molecule has 6 atom stereocenters. The number of hydrogen-bond donors (Lipinski definition) is 2. The van der Waals surface area contributed by atoms with E-state index in [0.717, 1.165) is 0 Å². The zero-order chi connectivity index (χ0) is 31.9. The number of carbonyl (C=O) groups excluding carboxylic acids is 6. The number of esters is 1. The smallest absolute Gasteiger partial charge is 0.308 e. The molecule has 2 saturated heterocycles. The van der Waals surface area contributed by atoms with Gasteiger partial charge in [0.05, 0.1) is 6.42 Å². The predicted molar refractivity (Wildman–Crippen MR) is 157 cm³/mol. The Morgan fingerprint density at radius 3 is 2.14 bits per heavy atom. The predicted octanol–water partition coefficient (Wildman–Crippen LogP) is 1.32. The van der Waals surface area contributed by atoms with Gasteiger partial charge in [-0.05, 0) is 43.9 Å². The number of hydrogen-bond acceptors (Lipinski definition) is 7. The molecule has 12 heteroatoms. The van der Waals surface area contributed by atoms with E-state index in [9.17, 15) is 28.8 Å². The summed E-state index contributed by atoms with van der Waals surface area (Å²) in [4.78, 5) is 84.6. The summed E-state index contributed by atoms with van der Waals surface area (Å²) in [7, 11) is 3.04. The van der Waals surface area contributed by atoms with Crippen molar-refractivity contribution in [1.29, 1.82) is 0 Å². The van der Waals surface area contributed by atoms with Gasteiger partial charge in [0.2, 0.25) is 23.6 Å². The van der Waals surface area contributed by atoms with E-state index < -0.39 is 65.8 Å². The molecule has 0 aromatic carbocycles. The van der Waals surface area contributed by atoms with E-state index in [-0.39, 0.29) is 37.1 Å². The molecule has 2 heterocycles. The topological polar surface area (TPSA) is 145 Å². The van der Waals surface area contributed by atoms with Crippen LogP contribution in [-0.2, 0) is 33.5 Å². The highest BCUT2D eigenvalue weighted by Gasteiger charge is 2.42. The lowest BCUT2D eigenvalue weighted by atomic mass is 9.94. The molecule has 0 aliphatic carbocycles. The summed E-state index contributed by atoms with van der Waals surface area (Å²) in [6.45, 7) is 13.1. The first-order valence-corrected chi connectivity index (χ1v) is 15.2. The second-order valence-electron chi connectivity index (χ2n) is 12.5. The van der Waals surface area contributed by atoms with Crippen molar-refractivity contribution >= 4 is 35.5 Å². The Kier molecular flexibility index (Phi) is 12.8. The average molecular weight is 596 g/mol. The molecule has 2 aliphatic rings. The summed E-state index contributed by atoms with van der Waals surface area (Å²) >= 11 is 0. The molecule has 2 aliphatic heterocycles. The van der Waals surface area contributed by atoms with Crippen molar-refractivity contribution in [2.24, 2.45) is 17.8 Å². The largest absolute Gasteiger partial charge is 0.452 e. The molecule has 42 heavy (non-hydrogen) atoms. The number of likely N-dealkylation sites (N-methyl/N-ethyl adjacent to an activating group) is 2. The second kappa shape index (κ2) is 15.3. The number of nitrogens with one attached hydrogen (secondary N) is 2. The summed E-state index contributed by atoms with van der Waals surface area (Å²) in [5.41, 5.74) is 0. The van der Waals surface area contributed by atoms with Crippen LogP contribution >= 0.6 is 0 Å². The molecule has 0 saturated carbocycles. The lowest BCUT2D eigenvalue weighted by Crippen LogP contribution is -2.60. The summed E-state index contributed by atoms with van der Waals surface area (Å²) in [6.07, 6.45) is 0.636. The van der Waals surface area contributed by atoms with Crippen LogP contribution < -0.4 is 10.6 Å². The van der Waals surface area contributed by atoms with Crippen LogP contribution in [0.4, 0.5) is 0 Å².